The van der Waals surface area contributed by atoms with Crippen LogP contribution in [0.4, 0.5) is 5.69 Å². The third-order valence-electron chi connectivity index (χ3n) is 3.21. The summed E-state index contributed by atoms with van der Waals surface area (Å²) in [5, 5.41) is 3.36. The van der Waals surface area contributed by atoms with Crippen LogP contribution >= 0.6 is 0 Å². The SMILES string of the molecule is Cc1ccccc1CNc1ccc(C(=O)OC(C)C)cc1. The smallest absolute Gasteiger partial charge is 0.338 e. The van der Waals surface area contributed by atoms with Crippen molar-refractivity contribution in [2.45, 2.75) is 33.4 Å². The summed E-state index contributed by atoms with van der Waals surface area (Å²) in [4.78, 5) is 11.7. The maximum Gasteiger partial charge on any atom is 0.338 e. The van der Waals surface area contributed by atoms with E-state index < -0.39 is 0 Å². The van der Waals surface area contributed by atoms with Gasteiger partial charge in [0.05, 0.1) is 11.7 Å². The van der Waals surface area contributed by atoms with Crippen molar-refractivity contribution in [1.82, 2.24) is 0 Å². The number of ether oxygens (including phenoxy) is 1. The molecule has 2 aromatic rings. The molecule has 0 atom stereocenters. The van der Waals surface area contributed by atoms with Crippen molar-refractivity contribution in [2.75, 3.05) is 5.32 Å². The average molecular weight is 283 g/mol. The van der Waals surface area contributed by atoms with E-state index in [9.17, 15) is 4.79 Å². The largest absolute Gasteiger partial charge is 0.459 e. The average Bonchev–Trinajstić information content (AvgIpc) is 2.46. The Morgan fingerprint density at radius 1 is 1.10 bits per heavy atom. The second kappa shape index (κ2) is 6.93. The summed E-state index contributed by atoms with van der Waals surface area (Å²) in [7, 11) is 0. The lowest BCUT2D eigenvalue weighted by Crippen LogP contribution is -2.11. The van der Waals surface area contributed by atoms with Gasteiger partial charge in [0, 0.05) is 12.2 Å². The second-order valence-corrected chi connectivity index (χ2v) is 5.31. The van der Waals surface area contributed by atoms with Gasteiger partial charge in [0.2, 0.25) is 0 Å². The van der Waals surface area contributed by atoms with E-state index >= 15 is 0 Å². The van der Waals surface area contributed by atoms with Crippen molar-refractivity contribution < 1.29 is 9.53 Å². The molecule has 0 amide bonds. The van der Waals surface area contributed by atoms with Crippen molar-refractivity contribution >= 4 is 11.7 Å². The van der Waals surface area contributed by atoms with E-state index in [4.69, 9.17) is 4.74 Å². The van der Waals surface area contributed by atoms with Gasteiger partial charge in [-0.15, -0.1) is 0 Å². The summed E-state index contributed by atoms with van der Waals surface area (Å²) in [6, 6.07) is 15.6. The molecule has 3 nitrogen and oxygen atoms in total. The van der Waals surface area contributed by atoms with Gasteiger partial charge >= 0.3 is 5.97 Å². The fourth-order valence-corrected chi connectivity index (χ4v) is 2.01. The van der Waals surface area contributed by atoms with Crippen LogP contribution in [0.1, 0.15) is 35.3 Å². The molecule has 2 rings (SSSR count). The summed E-state index contributed by atoms with van der Waals surface area (Å²) in [5.41, 5.74) is 4.09. The monoisotopic (exact) mass is 283 g/mol. The van der Waals surface area contributed by atoms with Crippen molar-refractivity contribution in [3.05, 3.63) is 65.2 Å². The minimum atomic E-state index is -0.282. The van der Waals surface area contributed by atoms with Gasteiger partial charge in [-0.25, -0.2) is 4.79 Å². The highest BCUT2D eigenvalue weighted by atomic mass is 16.5. The minimum Gasteiger partial charge on any atom is -0.459 e. The first-order valence-corrected chi connectivity index (χ1v) is 7.15. The molecule has 0 bridgehead atoms. The van der Waals surface area contributed by atoms with Crippen molar-refractivity contribution in [3.63, 3.8) is 0 Å². The molecule has 0 radical (unpaired) electrons. The van der Waals surface area contributed by atoms with Crippen LogP contribution < -0.4 is 5.32 Å². The lowest BCUT2D eigenvalue weighted by atomic mass is 10.1. The molecule has 0 fully saturated rings. The zero-order valence-corrected chi connectivity index (χ0v) is 12.7. The van der Waals surface area contributed by atoms with Gasteiger partial charge < -0.3 is 10.1 Å². The highest BCUT2D eigenvalue weighted by Gasteiger charge is 2.08. The molecule has 0 spiro atoms. The van der Waals surface area contributed by atoms with E-state index in [0.717, 1.165) is 12.2 Å². The minimum absolute atomic E-state index is 0.101. The highest BCUT2D eigenvalue weighted by molar-refractivity contribution is 5.89. The van der Waals surface area contributed by atoms with Gasteiger partial charge in [-0.2, -0.15) is 0 Å². The summed E-state index contributed by atoms with van der Waals surface area (Å²) in [5.74, 6) is -0.282. The Balaban J connectivity index is 1.97. The lowest BCUT2D eigenvalue weighted by Gasteiger charge is -2.10. The Hall–Kier alpha value is -2.29. The van der Waals surface area contributed by atoms with Gasteiger partial charge in [-0.1, -0.05) is 24.3 Å². The molecule has 21 heavy (non-hydrogen) atoms. The molecular formula is C18H21NO2. The van der Waals surface area contributed by atoms with Crippen LogP contribution in [0.15, 0.2) is 48.5 Å². The Bertz CT molecular complexity index is 603. The van der Waals surface area contributed by atoms with E-state index in [1.165, 1.54) is 11.1 Å². The molecule has 0 aliphatic carbocycles. The maximum absolute atomic E-state index is 11.7. The normalized spacial score (nSPS) is 10.5. The number of aryl methyl sites for hydroxylation is 1. The van der Waals surface area contributed by atoms with Gasteiger partial charge in [-0.05, 0) is 56.2 Å². The number of anilines is 1. The first-order valence-electron chi connectivity index (χ1n) is 7.15. The summed E-state index contributed by atoms with van der Waals surface area (Å²) >= 11 is 0. The van der Waals surface area contributed by atoms with E-state index in [2.05, 4.69) is 24.4 Å². The number of nitrogens with one attached hydrogen (secondary N) is 1. The molecule has 0 saturated heterocycles. The Morgan fingerprint density at radius 2 is 1.76 bits per heavy atom. The number of hydrogen-bond donors (Lipinski definition) is 1. The predicted octanol–water partition coefficient (Wildman–Crippen LogP) is 4.17. The number of carbonyl (C=O) groups is 1. The van der Waals surface area contributed by atoms with Gasteiger partial charge in [0.1, 0.15) is 0 Å². The predicted molar refractivity (Wildman–Crippen MR) is 85.5 cm³/mol. The third-order valence-corrected chi connectivity index (χ3v) is 3.21. The molecule has 0 aliphatic rings. The van der Waals surface area contributed by atoms with Crippen LogP contribution in [-0.2, 0) is 11.3 Å². The molecule has 0 heterocycles. The lowest BCUT2D eigenvalue weighted by molar-refractivity contribution is 0.0378. The Labute approximate surface area is 126 Å². The van der Waals surface area contributed by atoms with Crippen LogP contribution in [-0.4, -0.2) is 12.1 Å². The third kappa shape index (κ3) is 4.35. The molecule has 2 aromatic carbocycles. The summed E-state index contributed by atoms with van der Waals surface area (Å²) in [6.45, 7) is 6.55. The van der Waals surface area contributed by atoms with E-state index in [-0.39, 0.29) is 12.1 Å². The van der Waals surface area contributed by atoms with Crippen molar-refractivity contribution in [2.24, 2.45) is 0 Å². The standard InChI is InChI=1S/C18H21NO2/c1-13(2)21-18(20)15-8-10-17(11-9-15)19-12-16-7-5-4-6-14(16)3/h4-11,13,19H,12H2,1-3H3. The number of esters is 1. The number of rotatable bonds is 5. The molecule has 0 aliphatic heterocycles. The fourth-order valence-electron chi connectivity index (χ4n) is 2.01. The quantitative estimate of drug-likeness (QED) is 0.837. The topological polar surface area (TPSA) is 38.3 Å². The van der Waals surface area contributed by atoms with Crippen LogP contribution in [0.5, 0.6) is 0 Å². The van der Waals surface area contributed by atoms with Gasteiger partial charge in [0.15, 0.2) is 0 Å². The van der Waals surface area contributed by atoms with Gasteiger partial charge in [0.25, 0.3) is 0 Å². The van der Waals surface area contributed by atoms with Crippen LogP contribution in [0, 0.1) is 6.92 Å². The Kier molecular flexibility index (Phi) is 4.99. The van der Waals surface area contributed by atoms with E-state index in [0.29, 0.717) is 5.56 Å². The molecular weight excluding hydrogens is 262 g/mol. The highest BCUT2D eigenvalue weighted by Crippen LogP contribution is 2.14. The summed E-state index contributed by atoms with van der Waals surface area (Å²) < 4.78 is 5.16. The number of hydrogen-bond acceptors (Lipinski definition) is 3. The van der Waals surface area contributed by atoms with Crippen LogP contribution in [0.2, 0.25) is 0 Å². The molecule has 0 unspecified atom stereocenters. The van der Waals surface area contributed by atoms with E-state index in [1.807, 2.05) is 38.1 Å². The summed E-state index contributed by atoms with van der Waals surface area (Å²) in [6.07, 6.45) is -0.101. The molecule has 1 N–H and O–H groups in total. The Morgan fingerprint density at radius 3 is 2.38 bits per heavy atom. The zero-order chi connectivity index (χ0) is 15.2. The molecule has 0 aromatic heterocycles. The fraction of sp³-hybridized carbons (Fsp3) is 0.278. The van der Waals surface area contributed by atoms with Crippen LogP contribution in [0.3, 0.4) is 0 Å². The number of carbonyl (C=O) groups excluding carboxylic acids is 1. The maximum atomic E-state index is 11.7. The second-order valence-electron chi connectivity index (χ2n) is 5.31. The zero-order valence-electron chi connectivity index (χ0n) is 12.7. The van der Waals surface area contributed by atoms with E-state index in [1.54, 1.807) is 12.1 Å². The van der Waals surface area contributed by atoms with Crippen LogP contribution in [0.25, 0.3) is 0 Å². The first kappa shape index (κ1) is 15.1. The number of benzene rings is 2. The van der Waals surface area contributed by atoms with Gasteiger partial charge in [-0.3, -0.25) is 0 Å². The molecule has 110 valence electrons. The van der Waals surface area contributed by atoms with Crippen molar-refractivity contribution in [1.29, 1.82) is 0 Å². The molecule has 3 heteroatoms. The molecule has 0 saturated carbocycles. The van der Waals surface area contributed by atoms with Crippen molar-refractivity contribution in [3.8, 4) is 0 Å². The first-order chi connectivity index (χ1) is 10.1.